The van der Waals surface area contributed by atoms with Crippen LogP contribution in [0.3, 0.4) is 0 Å². The van der Waals surface area contributed by atoms with Gasteiger partial charge in [0, 0.05) is 22.9 Å². The quantitative estimate of drug-likeness (QED) is 0.512. The zero-order chi connectivity index (χ0) is 17.4. The maximum atomic E-state index is 12.4. The van der Waals surface area contributed by atoms with Crippen molar-refractivity contribution in [2.24, 2.45) is 0 Å². The van der Waals surface area contributed by atoms with Crippen molar-refractivity contribution in [1.29, 1.82) is 0 Å². The van der Waals surface area contributed by atoms with E-state index in [2.05, 4.69) is 17.4 Å². The molecule has 2 atom stereocenters. The molecule has 0 aliphatic rings. The van der Waals surface area contributed by atoms with Crippen LogP contribution in [0.25, 0.3) is 0 Å². The van der Waals surface area contributed by atoms with Crippen molar-refractivity contribution in [2.45, 2.75) is 24.9 Å². The Balaban J connectivity index is 0.00000312. The number of methoxy groups -OCH3 is 1. The molecule has 0 aliphatic heterocycles. The molecule has 0 saturated heterocycles. The highest BCUT2D eigenvalue weighted by atomic mass is 35.5. The number of carbonyl (C=O) groups excluding carboxylic acids is 1. The van der Waals surface area contributed by atoms with Gasteiger partial charge in [0.2, 0.25) is 0 Å². The van der Waals surface area contributed by atoms with E-state index >= 15 is 0 Å². The number of nitrogens with two attached hydrogens (primary N) is 1. The maximum Gasteiger partial charge on any atom is 0.319 e. The first-order chi connectivity index (χ1) is 11.7. The number of rotatable bonds is 8. The predicted molar refractivity (Wildman–Crippen MR) is 97.4 cm³/mol. The van der Waals surface area contributed by atoms with Crippen molar-refractivity contribution >= 4 is 29.2 Å². The molecule has 2 N–H and O–H groups in total. The van der Waals surface area contributed by atoms with Gasteiger partial charge in [0.1, 0.15) is 18.5 Å². The Morgan fingerprint density at radius 1 is 1.12 bits per heavy atom. The fourth-order valence-electron chi connectivity index (χ4n) is 2.80. The molecule has 2 rings (SSSR count). The number of carbonyl (C=O) groups is 1. The molecule has 2 aromatic rings. The second-order valence-electron chi connectivity index (χ2n) is 5.62. The van der Waals surface area contributed by atoms with Crippen LogP contribution in [0, 0.1) is 0 Å². The Morgan fingerprint density at radius 3 is 2.32 bits per heavy atom. The van der Waals surface area contributed by atoms with Gasteiger partial charge in [-0.2, -0.15) is 0 Å². The molecule has 3 nitrogen and oxygen atoms in total. The van der Waals surface area contributed by atoms with Crippen molar-refractivity contribution < 1.29 is 27.3 Å². The summed E-state index contributed by atoms with van der Waals surface area (Å²) in [5.41, 5.74) is 2.10. The standard InChI is InChI=1S/C19H21Cl2NO2.ClH/c1-24-19(23)18(15-7-9-16(21)10-8-15)17(11-12-20)22-13-14-5-3-2-4-6-14;/h2-10,17-18,22H,11-13H2,1H3;1H/t17-,18+;/m1./s1. The second-order valence-corrected chi connectivity index (χ2v) is 6.43. The fourth-order valence-corrected chi connectivity index (χ4v) is 3.18. The minimum absolute atomic E-state index is 0. The van der Waals surface area contributed by atoms with Crippen molar-refractivity contribution in [2.75, 3.05) is 13.0 Å². The summed E-state index contributed by atoms with van der Waals surface area (Å²) in [4.78, 5) is 12.4. The van der Waals surface area contributed by atoms with Gasteiger partial charge in [0.05, 0.1) is 7.11 Å². The summed E-state index contributed by atoms with van der Waals surface area (Å²) in [5.74, 6) is -0.150. The van der Waals surface area contributed by atoms with E-state index in [1.54, 1.807) is 12.1 Å². The van der Waals surface area contributed by atoms with Gasteiger partial charge in [-0.1, -0.05) is 54.1 Å². The van der Waals surface area contributed by atoms with Gasteiger partial charge in [-0.05, 0) is 17.7 Å². The molecule has 0 fully saturated rings. The summed E-state index contributed by atoms with van der Waals surface area (Å²) in [7, 11) is 1.42. The van der Waals surface area contributed by atoms with Gasteiger partial charge in [0.25, 0.3) is 0 Å². The first-order valence-corrected chi connectivity index (χ1v) is 8.83. The molecule has 25 heavy (non-hydrogen) atoms. The van der Waals surface area contributed by atoms with E-state index in [1.807, 2.05) is 30.3 Å². The van der Waals surface area contributed by atoms with Crippen LogP contribution in [0.2, 0.25) is 5.02 Å². The fraction of sp³-hybridized carbons (Fsp3) is 0.316. The Bertz CT molecular complexity index is 635. The molecule has 136 valence electrons. The number of esters is 1. The zero-order valence-electron chi connectivity index (χ0n) is 14.0. The number of hydrogen-bond acceptors (Lipinski definition) is 2. The van der Waals surface area contributed by atoms with Gasteiger partial charge in [-0.25, -0.2) is 0 Å². The molecule has 0 saturated carbocycles. The van der Waals surface area contributed by atoms with Gasteiger partial charge >= 0.3 is 5.97 Å². The van der Waals surface area contributed by atoms with E-state index in [1.165, 1.54) is 12.7 Å². The lowest BCUT2D eigenvalue weighted by Crippen LogP contribution is -3.00. The molecule has 0 radical (unpaired) electrons. The van der Waals surface area contributed by atoms with Crippen molar-refractivity contribution in [3.05, 3.63) is 70.7 Å². The van der Waals surface area contributed by atoms with E-state index < -0.39 is 0 Å². The zero-order valence-corrected chi connectivity index (χ0v) is 16.3. The monoisotopic (exact) mass is 401 g/mol. The third-order valence-corrected chi connectivity index (χ3v) is 4.52. The number of benzene rings is 2. The van der Waals surface area contributed by atoms with Crippen LogP contribution in [0.15, 0.2) is 54.6 Å². The number of alkyl halides is 1. The average Bonchev–Trinajstić information content (AvgIpc) is 2.62. The molecule has 0 aromatic heterocycles. The summed E-state index contributed by atoms with van der Waals surface area (Å²) in [6, 6.07) is 17.5. The largest absolute Gasteiger partial charge is 1.00 e. The lowest BCUT2D eigenvalue weighted by molar-refractivity contribution is -0.706. The van der Waals surface area contributed by atoms with Crippen molar-refractivity contribution in [1.82, 2.24) is 0 Å². The van der Waals surface area contributed by atoms with Crippen LogP contribution >= 0.6 is 23.2 Å². The molecule has 0 heterocycles. The van der Waals surface area contributed by atoms with E-state index in [0.717, 1.165) is 12.1 Å². The molecular weight excluding hydrogens is 381 g/mol. The third kappa shape index (κ3) is 6.52. The average molecular weight is 403 g/mol. The number of hydrogen-bond donors (Lipinski definition) is 1. The maximum absolute atomic E-state index is 12.4. The van der Waals surface area contributed by atoms with Crippen LogP contribution in [-0.2, 0) is 16.1 Å². The molecule has 2 aromatic carbocycles. The van der Waals surface area contributed by atoms with Gasteiger partial charge < -0.3 is 22.5 Å². The Kier molecular flexibility index (Phi) is 9.91. The summed E-state index contributed by atoms with van der Waals surface area (Å²) in [5, 5.41) is 2.80. The minimum Gasteiger partial charge on any atom is -1.00 e. The van der Waals surface area contributed by atoms with E-state index in [-0.39, 0.29) is 30.3 Å². The van der Waals surface area contributed by atoms with Crippen LogP contribution in [-0.4, -0.2) is 25.0 Å². The summed E-state index contributed by atoms with van der Waals surface area (Å²) in [6.45, 7) is 0.781. The minimum atomic E-state index is -0.380. The van der Waals surface area contributed by atoms with Crippen molar-refractivity contribution in [3.8, 4) is 0 Å². The van der Waals surface area contributed by atoms with Crippen molar-refractivity contribution in [3.63, 3.8) is 0 Å². The second kappa shape index (κ2) is 11.4. The highest BCUT2D eigenvalue weighted by Crippen LogP contribution is 2.24. The molecule has 0 spiro atoms. The first-order valence-electron chi connectivity index (χ1n) is 7.92. The van der Waals surface area contributed by atoms with E-state index in [0.29, 0.717) is 17.3 Å². The molecule has 6 heteroatoms. The van der Waals surface area contributed by atoms with Crippen LogP contribution in [0.4, 0.5) is 0 Å². The summed E-state index contributed by atoms with van der Waals surface area (Å²) in [6.07, 6.45) is 0.705. The normalized spacial score (nSPS) is 12.8. The lowest BCUT2D eigenvalue weighted by Gasteiger charge is -2.23. The van der Waals surface area contributed by atoms with Gasteiger partial charge in [-0.15, -0.1) is 11.6 Å². The molecule has 0 aliphatic carbocycles. The first kappa shape index (κ1) is 21.8. The van der Waals surface area contributed by atoms with Crippen LogP contribution in [0.1, 0.15) is 23.5 Å². The molecular formula is C19H22Cl3NO2. The summed E-state index contributed by atoms with van der Waals surface area (Å²) < 4.78 is 5.04. The summed E-state index contributed by atoms with van der Waals surface area (Å²) >= 11 is 12.0. The predicted octanol–water partition coefficient (Wildman–Crippen LogP) is 0.362. The number of ether oxygens (including phenoxy) is 1. The smallest absolute Gasteiger partial charge is 0.319 e. The topological polar surface area (TPSA) is 42.9 Å². The Labute approximate surface area is 165 Å². The van der Waals surface area contributed by atoms with E-state index in [4.69, 9.17) is 27.9 Å². The Morgan fingerprint density at radius 2 is 1.76 bits per heavy atom. The number of halogens is 3. The molecule has 0 unspecified atom stereocenters. The highest BCUT2D eigenvalue weighted by molar-refractivity contribution is 6.30. The van der Waals surface area contributed by atoms with E-state index in [9.17, 15) is 4.79 Å². The van der Waals surface area contributed by atoms with Crippen LogP contribution in [0.5, 0.6) is 0 Å². The molecule has 0 amide bonds. The number of quaternary nitrogens is 1. The Hall–Kier alpha value is -1.26. The third-order valence-electron chi connectivity index (χ3n) is 4.05. The van der Waals surface area contributed by atoms with Gasteiger partial charge in [0.15, 0.2) is 0 Å². The lowest BCUT2D eigenvalue weighted by atomic mass is 9.89. The molecule has 0 bridgehead atoms. The van der Waals surface area contributed by atoms with Gasteiger partial charge in [-0.3, -0.25) is 4.79 Å². The highest BCUT2D eigenvalue weighted by Gasteiger charge is 2.33. The SMILES string of the molecule is COC(=O)[C@@H](c1ccc(Cl)cc1)[C@@H](CCCl)[NH2+]Cc1ccccc1.[Cl-]. The van der Waals surface area contributed by atoms with Crippen LogP contribution < -0.4 is 17.7 Å².